The molecule has 2 aromatic heterocycles. The second-order valence-corrected chi connectivity index (χ2v) is 6.67. The number of likely N-dealkylation sites (tertiary alicyclic amines) is 1. The Labute approximate surface area is 150 Å². The van der Waals surface area contributed by atoms with Crippen LogP contribution in [0.15, 0.2) is 36.8 Å². The van der Waals surface area contributed by atoms with Gasteiger partial charge in [-0.3, -0.25) is 9.89 Å². The number of piperidine rings is 1. The average Bonchev–Trinajstić information content (AvgIpc) is 3.31. The lowest BCUT2D eigenvalue weighted by molar-refractivity contribution is 0.0700. The lowest BCUT2D eigenvalue weighted by Gasteiger charge is -2.32. The van der Waals surface area contributed by atoms with Crippen LogP contribution in [0.5, 0.6) is 0 Å². The van der Waals surface area contributed by atoms with E-state index in [9.17, 15) is 9.18 Å². The summed E-state index contributed by atoms with van der Waals surface area (Å²) in [5, 5.41) is 7.28. The van der Waals surface area contributed by atoms with Crippen molar-refractivity contribution in [3.05, 3.63) is 59.7 Å². The Kier molecular flexibility index (Phi) is 4.28. The predicted molar refractivity (Wildman–Crippen MR) is 95.2 cm³/mol. The number of aromatic nitrogens is 4. The second-order valence-electron chi connectivity index (χ2n) is 6.67. The van der Waals surface area contributed by atoms with Crippen molar-refractivity contribution in [3.63, 3.8) is 0 Å². The zero-order chi connectivity index (χ0) is 18.1. The van der Waals surface area contributed by atoms with E-state index in [1.807, 2.05) is 11.8 Å². The third kappa shape index (κ3) is 3.00. The Morgan fingerprint density at radius 1 is 1.31 bits per heavy atom. The lowest BCUT2D eigenvalue weighted by Crippen LogP contribution is -2.39. The van der Waals surface area contributed by atoms with Crippen LogP contribution in [-0.4, -0.2) is 44.1 Å². The van der Waals surface area contributed by atoms with E-state index in [-0.39, 0.29) is 17.6 Å². The summed E-state index contributed by atoms with van der Waals surface area (Å²) in [7, 11) is 0. The SMILES string of the molecule is Cc1[nH]cnc1C(=O)N1CCC[C@H](c2[nH]ncc2-c2ccc(F)cc2)C1. The number of rotatable bonds is 3. The van der Waals surface area contributed by atoms with Crippen LogP contribution in [0.4, 0.5) is 4.39 Å². The lowest BCUT2D eigenvalue weighted by atomic mass is 9.90. The molecule has 3 heterocycles. The van der Waals surface area contributed by atoms with Crippen molar-refractivity contribution >= 4 is 5.91 Å². The number of halogens is 1. The Morgan fingerprint density at radius 3 is 2.85 bits per heavy atom. The van der Waals surface area contributed by atoms with Crippen LogP contribution in [0.2, 0.25) is 0 Å². The molecule has 26 heavy (non-hydrogen) atoms. The maximum Gasteiger partial charge on any atom is 0.274 e. The van der Waals surface area contributed by atoms with Gasteiger partial charge in [-0.25, -0.2) is 9.37 Å². The molecule has 1 fully saturated rings. The second kappa shape index (κ2) is 6.74. The highest BCUT2D eigenvalue weighted by atomic mass is 19.1. The van der Waals surface area contributed by atoms with Crippen molar-refractivity contribution < 1.29 is 9.18 Å². The summed E-state index contributed by atoms with van der Waals surface area (Å²) in [4.78, 5) is 21.7. The number of hydrogen-bond donors (Lipinski definition) is 2. The number of benzene rings is 1. The molecule has 0 unspecified atom stereocenters. The first-order chi connectivity index (χ1) is 12.6. The summed E-state index contributed by atoms with van der Waals surface area (Å²) in [5.74, 6) is -0.145. The highest BCUT2D eigenvalue weighted by Gasteiger charge is 2.29. The quantitative estimate of drug-likeness (QED) is 0.759. The molecule has 4 rings (SSSR count). The Morgan fingerprint density at radius 2 is 2.12 bits per heavy atom. The molecule has 1 saturated heterocycles. The molecule has 0 saturated carbocycles. The number of aryl methyl sites for hydroxylation is 1. The molecule has 2 N–H and O–H groups in total. The molecular formula is C19H20FN5O. The number of H-pyrrole nitrogens is 2. The van der Waals surface area contributed by atoms with Gasteiger partial charge in [0.25, 0.3) is 5.91 Å². The zero-order valence-electron chi connectivity index (χ0n) is 14.5. The summed E-state index contributed by atoms with van der Waals surface area (Å²) < 4.78 is 13.2. The number of imidazole rings is 1. The van der Waals surface area contributed by atoms with Gasteiger partial charge in [-0.1, -0.05) is 12.1 Å². The zero-order valence-corrected chi connectivity index (χ0v) is 14.5. The highest BCUT2D eigenvalue weighted by molar-refractivity contribution is 5.93. The van der Waals surface area contributed by atoms with Gasteiger partial charge in [0.15, 0.2) is 0 Å². The third-order valence-corrected chi connectivity index (χ3v) is 4.97. The minimum atomic E-state index is -0.261. The average molecular weight is 353 g/mol. The molecule has 134 valence electrons. The van der Waals surface area contributed by atoms with E-state index in [0.717, 1.165) is 41.9 Å². The number of nitrogens with zero attached hydrogens (tertiary/aromatic N) is 3. The van der Waals surface area contributed by atoms with E-state index < -0.39 is 0 Å². The fraction of sp³-hybridized carbons (Fsp3) is 0.316. The van der Waals surface area contributed by atoms with E-state index in [1.54, 1.807) is 24.7 Å². The van der Waals surface area contributed by atoms with Gasteiger partial charge in [0, 0.05) is 36.0 Å². The molecule has 1 amide bonds. The molecule has 0 spiro atoms. The molecule has 6 nitrogen and oxygen atoms in total. The Hall–Kier alpha value is -2.96. The smallest absolute Gasteiger partial charge is 0.274 e. The summed E-state index contributed by atoms with van der Waals surface area (Å²) in [6.45, 7) is 3.19. The maximum atomic E-state index is 13.2. The number of carbonyl (C=O) groups excluding carboxylic acids is 1. The fourth-order valence-corrected chi connectivity index (χ4v) is 3.59. The first-order valence-electron chi connectivity index (χ1n) is 8.72. The van der Waals surface area contributed by atoms with Gasteiger partial charge >= 0.3 is 0 Å². The van der Waals surface area contributed by atoms with Crippen LogP contribution < -0.4 is 0 Å². The molecular weight excluding hydrogens is 333 g/mol. The van der Waals surface area contributed by atoms with E-state index in [1.165, 1.54) is 12.1 Å². The molecule has 0 radical (unpaired) electrons. The van der Waals surface area contributed by atoms with E-state index in [0.29, 0.717) is 12.2 Å². The van der Waals surface area contributed by atoms with E-state index >= 15 is 0 Å². The number of aromatic amines is 2. The van der Waals surface area contributed by atoms with Gasteiger partial charge in [0.2, 0.25) is 0 Å². The molecule has 7 heteroatoms. The Balaban J connectivity index is 1.57. The molecule has 0 bridgehead atoms. The van der Waals surface area contributed by atoms with Crippen molar-refractivity contribution in [2.75, 3.05) is 13.1 Å². The van der Waals surface area contributed by atoms with E-state index in [2.05, 4.69) is 20.2 Å². The number of carbonyl (C=O) groups is 1. The molecule has 1 atom stereocenters. The summed E-state index contributed by atoms with van der Waals surface area (Å²) in [6, 6.07) is 6.40. The van der Waals surface area contributed by atoms with Gasteiger partial charge in [0.1, 0.15) is 11.5 Å². The first kappa shape index (κ1) is 16.5. The minimum absolute atomic E-state index is 0.0451. The normalized spacial score (nSPS) is 17.5. The van der Waals surface area contributed by atoms with Gasteiger partial charge in [-0.2, -0.15) is 5.10 Å². The Bertz CT molecular complexity index is 914. The summed E-state index contributed by atoms with van der Waals surface area (Å²) in [5.41, 5.74) is 4.13. The van der Waals surface area contributed by atoms with Crippen LogP contribution in [0.3, 0.4) is 0 Å². The number of nitrogens with one attached hydrogen (secondary N) is 2. The molecule has 1 aliphatic rings. The maximum absolute atomic E-state index is 13.2. The predicted octanol–water partition coefficient (Wildman–Crippen LogP) is 3.27. The molecule has 3 aromatic rings. The van der Waals surface area contributed by atoms with Gasteiger partial charge in [-0.15, -0.1) is 0 Å². The van der Waals surface area contributed by atoms with Crippen molar-refractivity contribution in [3.8, 4) is 11.1 Å². The van der Waals surface area contributed by atoms with Gasteiger partial charge in [-0.05, 0) is 37.5 Å². The van der Waals surface area contributed by atoms with Crippen molar-refractivity contribution in [2.24, 2.45) is 0 Å². The molecule has 1 aromatic carbocycles. The standard InChI is InChI=1S/C19H20FN5O/c1-12-17(22-11-21-12)19(26)25-8-2-3-14(10-25)18-16(9-23-24-18)13-4-6-15(20)7-5-13/h4-7,9,11,14H,2-3,8,10H2,1H3,(H,21,22)(H,23,24)/t14-/m0/s1. The first-order valence-corrected chi connectivity index (χ1v) is 8.72. The van der Waals surface area contributed by atoms with Crippen LogP contribution in [0.1, 0.15) is 40.6 Å². The summed E-state index contributed by atoms with van der Waals surface area (Å²) >= 11 is 0. The number of amides is 1. The van der Waals surface area contributed by atoms with Crippen LogP contribution in [-0.2, 0) is 0 Å². The molecule has 1 aliphatic heterocycles. The topological polar surface area (TPSA) is 77.7 Å². The van der Waals surface area contributed by atoms with Crippen LogP contribution >= 0.6 is 0 Å². The molecule has 0 aliphatic carbocycles. The largest absolute Gasteiger partial charge is 0.348 e. The van der Waals surface area contributed by atoms with Crippen molar-refractivity contribution in [1.82, 2.24) is 25.1 Å². The van der Waals surface area contributed by atoms with Crippen molar-refractivity contribution in [1.29, 1.82) is 0 Å². The van der Waals surface area contributed by atoms with Gasteiger partial charge < -0.3 is 9.88 Å². The highest BCUT2D eigenvalue weighted by Crippen LogP contribution is 2.33. The van der Waals surface area contributed by atoms with Gasteiger partial charge in [0.05, 0.1) is 12.5 Å². The summed E-state index contributed by atoms with van der Waals surface area (Å²) in [6.07, 6.45) is 5.20. The number of hydrogen-bond acceptors (Lipinski definition) is 3. The monoisotopic (exact) mass is 353 g/mol. The van der Waals surface area contributed by atoms with Crippen LogP contribution in [0.25, 0.3) is 11.1 Å². The fourth-order valence-electron chi connectivity index (χ4n) is 3.59. The van der Waals surface area contributed by atoms with Crippen molar-refractivity contribution in [2.45, 2.75) is 25.7 Å². The van der Waals surface area contributed by atoms with Crippen LogP contribution in [0, 0.1) is 12.7 Å². The van der Waals surface area contributed by atoms with E-state index in [4.69, 9.17) is 0 Å². The third-order valence-electron chi connectivity index (χ3n) is 4.97. The minimum Gasteiger partial charge on any atom is -0.348 e.